The molecule has 1 aliphatic rings. The number of cyclic esters (lactones) is 1. The van der Waals surface area contributed by atoms with E-state index >= 15 is 0 Å². The van der Waals surface area contributed by atoms with E-state index in [0.717, 1.165) is 0 Å². The number of aliphatic hydroxyl groups is 2. The van der Waals surface area contributed by atoms with Gasteiger partial charge in [-0.25, -0.2) is 9.36 Å². The summed E-state index contributed by atoms with van der Waals surface area (Å²) in [5, 5.41) is 27.9. The number of nitrogens with one attached hydrogen (secondary N) is 2. The molecule has 0 aromatic heterocycles. The summed E-state index contributed by atoms with van der Waals surface area (Å²) >= 11 is 0. The number of carbonyl (C=O) groups is 4. The number of amides is 2. The van der Waals surface area contributed by atoms with Crippen LogP contribution in [0.1, 0.15) is 6.42 Å². The Kier molecular flexibility index (Phi) is 25.3. The zero-order chi connectivity index (χ0) is 25.4. The fourth-order valence-corrected chi connectivity index (χ4v) is 1.31. The van der Waals surface area contributed by atoms with Crippen molar-refractivity contribution >= 4 is 31.6 Å². The number of esters is 1. The van der Waals surface area contributed by atoms with Crippen LogP contribution in [0.25, 0.3) is 0 Å². The second-order valence-corrected chi connectivity index (χ2v) is 6.37. The van der Waals surface area contributed by atoms with Crippen LogP contribution >= 0.6 is 7.82 Å². The van der Waals surface area contributed by atoms with Gasteiger partial charge < -0.3 is 50.0 Å². The number of hydrogen-bond donors (Lipinski definition) is 7. The largest absolute Gasteiger partial charge is 0.480 e. The number of hydrogen-bond acceptors (Lipinski definition) is 11. The van der Waals surface area contributed by atoms with E-state index in [1.807, 2.05) is 0 Å². The molecule has 7 N–H and O–H groups in total. The van der Waals surface area contributed by atoms with Crippen molar-refractivity contribution in [2.24, 2.45) is 0 Å². The van der Waals surface area contributed by atoms with Gasteiger partial charge in [0.15, 0.2) is 0 Å². The maximum absolute atomic E-state index is 10.7. The Morgan fingerprint density at radius 2 is 1.41 bits per heavy atom. The zero-order valence-electron chi connectivity index (χ0n) is 17.7. The summed E-state index contributed by atoms with van der Waals surface area (Å²) in [6.07, 6.45) is 0.625. The average molecular weight is 494 g/mol. The molecule has 0 unspecified atom stereocenters. The first-order valence-corrected chi connectivity index (χ1v) is 10.3. The molecule has 17 heteroatoms. The lowest BCUT2D eigenvalue weighted by Gasteiger charge is -2.09. The van der Waals surface area contributed by atoms with E-state index in [0.29, 0.717) is 32.8 Å². The van der Waals surface area contributed by atoms with E-state index in [9.17, 15) is 18.9 Å². The number of methoxy groups -OCH3 is 2. The first-order chi connectivity index (χ1) is 14.9. The van der Waals surface area contributed by atoms with Gasteiger partial charge in [0.25, 0.3) is 0 Å². The zero-order valence-corrected chi connectivity index (χ0v) is 18.6. The Morgan fingerprint density at radius 1 is 1.00 bits per heavy atom. The van der Waals surface area contributed by atoms with Gasteiger partial charge >= 0.3 is 19.8 Å². The summed E-state index contributed by atoms with van der Waals surface area (Å²) in [6, 6.07) is 0. The number of rotatable bonds is 11. The molecular weight excluding hydrogens is 463 g/mol. The number of phosphoric acid groups is 1. The minimum absolute atomic E-state index is 0.0648. The Hall–Kier alpha value is -2.17. The third-order valence-electron chi connectivity index (χ3n) is 2.47. The van der Waals surface area contributed by atoms with Crippen LogP contribution in [0.5, 0.6) is 0 Å². The van der Waals surface area contributed by atoms with Gasteiger partial charge in [0, 0.05) is 27.3 Å². The first kappa shape index (κ1) is 34.4. The van der Waals surface area contributed by atoms with E-state index in [2.05, 4.69) is 29.4 Å². The van der Waals surface area contributed by atoms with Crippen LogP contribution in [0.3, 0.4) is 0 Å². The van der Waals surface area contributed by atoms with Crippen molar-refractivity contribution < 1.29 is 67.6 Å². The average Bonchev–Trinajstić information content (AvgIpc) is 2.72. The minimum atomic E-state index is -4.55. The van der Waals surface area contributed by atoms with Gasteiger partial charge in [0.2, 0.25) is 11.8 Å². The van der Waals surface area contributed by atoms with Crippen molar-refractivity contribution in [1.82, 2.24) is 10.6 Å². The molecule has 1 heterocycles. The maximum Gasteiger partial charge on any atom is 0.470 e. The first-order valence-electron chi connectivity index (χ1n) is 8.73. The topological polar surface area (TPSA) is 247 Å². The van der Waals surface area contributed by atoms with Crippen LogP contribution in [-0.2, 0) is 42.5 Å². The highest BCUT2D eigenvalue weighted by atomic mass is 31.2. The molecule has 0 saturated carbocycles. The van der Waals surface area contributed by atoms with E-state index in [4.69, 9.17) is 29.9 Å². The van der Waals surface area contributed by atoms with Gasteiger partial charge in [-0.15, -0.1) is 0 Å². The lowest BCUT2D eigenvalue weighted by molar-refractivity contribution is -0.157. The second-order valence-electron chi connectivity index (χ2n) is 5.13. The predicted octanol–water partition coefficient (Wildman–Crippen LogP) is -3.40. The quantitative estimate of drug-likeness (QED) is 0.0840. The van der Waals surface area contributed by atoms with Gasteiger partial charge in [-0.1, -0.05) is 0 Å². The molecule has 1 saturated heterocycles. The van der Waals surface area contributed by atoms with Gasteiger partial charge in [0.1, 0.15) is 26.4 Å². The van der Waals surface area contributed by atoms with Crippen LogP contribution < -0.4 is 10.6 Å². The highest BCUT2D eigenvalue weighted by Crippen LogP contribution is 2.35. The summed E-state index contributed by atoms with van der Waals surface area (Å²) < 4.78 is 27.6. The van der Waals surface area contributed by atoms with Crippen LogP contribution in [0.15, 0.2) is 0 Å². The number of aliphatic carboxylic acids is 1. The third kappa shape index (κ3) is 35.3. The molecule has 190 valence electrons. The van der Waals surface area contributed by atoms with E-state index in [1.165, 1.54) is 7.11 Å². The fourth-order valence-electron chi connectivity index (χ4n) is 1.02. The minimum Gasteiger partial charge on any atom is -0.480 e. The maximum atomic E-state index is 10.7. The Bertz CT molecular complexity index is 555. The highest BCUT2D eigenvalue weighted by Gasteiger charge is 2.15. The summed E-state index contributed by atoms with van der Waals surface area (Å²) in [5.41, 5.74) is 0. The molecule has 0 aromatic rings. The molecule has 1 aliphatic heterocycles. The number of ether oxygens (including phenoxy) is 3. The van der Waals surface area contributed by atoms with Crippen molar-refractivity contribution in [2.75, 3.05) is 67.0 Å². The van der Waals surface area contributed by atoms with Crippen molar-refractivity contribution in [2.45, 2.75) is 6.42 Å². The molecule has 16 nitrogen and oxygen atoms in total. The second kappa shape index (κ2) is 23.5. The molecule has 0 atom stereocenters. The van der Waals surface area contributed by atoms with Gasteiger partial charge in [-0.2, -0.15) is 0 Å². The number of aliphatic hydroxyl groups excluding tert-OH is 2. The molecule has 1 fully saturated rings. The van der Waals surface area contributed by atoms with E-state index in [-0.39, 0.29) is 18.4 Å². The third-order valence-corrected chi connectivity index (χ3v) is 2.93. The summed E-state index contributed by atoms with van der Waals surface area (Å²) in [6.45, 7) is 0.291. The van der Waals surface area contributed by atoms with Gasteiger partial charge in [-0.3, -0.25) is 18.9 Å². The Balaban J connectivity index is -0.000000381. The smallest absolute Gasteiger partial charge is 0.470 e. The lowest BCUT2D eigenvalue weighted by Crippen LogP contribution is -2.30. The van der Waals surface area contributed by atoms with Crippen molar-refractivity contribution in [3.8, 4) is 0 Å². The monoisotopic (exact) mass is 494 g/mol. The normalized spacial score (nSPS) is 11.5. The van der Waals surface area contributed by atoms with E-state index < -0.39 is 39.5 Å². The summed E-state index contributed by atoms with van der Waals surface area (Å²) in [5.74, 6) is -2.22. The standard InChI is InChI=1S/C5H12NO6P.C5H11NO3.C3H4O2.C2H4O3/c1-11-3-2-6-5(7)4-12-13(8,9)10;1-9-3-2-6-5(8)4-7;4-3-1-2-5-3;3-1-2(4)5/h2-4H2,1H3,(H,6,7)(H2,8,9,10);7H,2-4H2,1H3,(H,6,8);1-2H2;3H,1H2,(H,4,5). The summed E-state index contributed by atoms with van der Waals surface area (Å²) in [4.78, 5) is 56.2. The molecule has 2 amide bonds. The Labute approximate surface area is 184 Å². The fraction of sp³-hybridized carbons (Fsp3) is 0.733. The molecule has 0 aromatic carbocycles. The molecule has 1 rings (SSSR count). The van der Waals surface area contributed by atoms with Crippen LogP contribution in [0.2, 0.25) is 0 Å². The van der Waals surface area contributed by atoms with Crippen molar-refractivity contribution in [3.63, 3.8) is 0 Å². The molecule has 0 bridgehead atoms. The SMILES string of the molecule is COCCNC(=O)CO.COCCNC(=O)COP(=O)(O)O.O=C(O)CO.O=C1CCO1. The summed E-state index contributed by atoms with van der Waals surface area (Å²) in [7, 11) is -1.53. The molecule has 0 radical (unpaired) electrons. The van der Waals surface area contributed by atoms with Gasteiger partial charge in [0.05, 0.1) is 19.6 Å². The highest BCUT2D eigenvalue weighted by molar-refractivity contribution is 7.46. The Morgan fingerprint density at radius 3 is 1.66 bits per heavy atom. The van der Waals surface area contributed by atoms with Crippen molar-refractivity contribution in [1.29, 1.82) is 0 Å². The van der Waals surface area contributed by atoms with Crippen LogP contribution in [0.4, 0.5) is 0 Å². The van der Waals surface area contributed by atoms with E-state index in [1.54, 1.807) is 7.11 Å². The number of carboxylic acid groups (broad SMARTS) is 1. The number of carboxylic acids is 1. The van der Waals surface area contributed by atoms with Crippen LogP contribution in [0, 0.1) is 0 Å². The van der Waals surface area contributed by atoms with Crippen molar-refractivity contribution in [3.05, 3.63) is 0 Å². The molecule has 0 aliphatic carbocycles. The van der Waals surface area contributed by atoms with Crippen LogP contribution in [-0.4, -0.2) is 116 Å². The molecule has 0 spiro atoms. The van der Waals surface area contributed by atoms with Gasteiger partial charge in [-0.05, 0) is 0 Å². The number of carbonyl (C=O) groups excluding carboxylic acids is 3. The molecule has 32 heavy (non-hydrogen) atoms. The number of phosphoric ester groups is 1. The lowest BCUT2D eigenvalue weighted by atomic mass is 10.4. The molecular formula is C15H31N2O14P. The predicted molar refractivity (Wildman–Crippen MR) is 105 cm³/mol.